The minimum atomic E-state index is 0.655. The van der Waals surface area contributed by atoms with E-state index in [9.17, 15) is 0 Å². The average molecular weight is 284 g/mol. The molecular formula is C14H24N2S2. The Labute approximate surface area is 119 Å². The fourth-order valence-electron chi connectivity index (χ4n) is 2.37. The predicted octanol–water partition coefficient (Wildman–Crippen LogP) is 3.81. The van der Waals surface area contributed by atoms with Gasteiger partial charge in [0.25, 0.3) is 0 Å². The van der Waals surface area contributed by atoms with Gasteiger partial charge in [0, 0.05) is 23.1 Å². The van der Waals surface area contributed by atoms with Crippen molar-refractivity contribution in [2.75, 3.05) is 13.1 Å². The maximum Gasteiger partial charge on any atom is 0.103 e. The highest BCUT2D eigenvalue weighted by Crippen LogP contribution is 2.35. The van der Waals surface area contributed by atoms with Crippen LogP contribution in [0.3, 0.4) is 0 Å². The van der Waals surface area contributed by atoms with Gasteiger partial charge in [-0.2, -0.15) is 11.8 Å². The van der Waals surface area contributed by atoms with Gasteiger partial charge in [0.05, 0.1) is 5.69 Å². The van der Waals surface area contributed by atoms with Gasteiger partial charge in [0.2, 0.25) is 0 Å². The summed E-state index contributed by atoms with van der Waals surface area (Å²) in [5.74, 6) is 1.74. The van der Waals surface area contributed by atoms with Crippen LogP contribution in [0.4, 0.5) is 0 Å². The van der Waals surface area contributed by atoms with Gasteiger partial charge in [-0.25, -0.2) is 4.98 Å². The van der Waals surface area contributed by atoms with Gasteiger partial charge in [-0.3, -0.25) is 0 Å². The Balaban J connectivity index is 2.03. The molecule has 0 bridgehead atoms. The van der Waals surface area contributed by atoms with Crippen LogP contribution in [0.2, 0.25) is 0 Å². The summed E-state index contributed by atoms with van der Waals surface area (Å²) in [5, 5.41) is 5.51. The molecule has 0 saturated carbocycles. The summed E-state index contributed by atoms with van der Waals surface area (Å²) in [5.41, 5.74) is 1.41. The number of likely N-dealkylation sites (N-methyl/N-ethyl adjacent to an activating group) is 1. The third kappa shape index (κ3) is 3.72. The molecule has 0 spiro atoms. The van der Waals surface area contributed by atoms with E-state index < -0.39 is 0 Å². The summed E-state index contributed by atoms with van der Waals surface area (Å²) in [4.78, 5) is 6.47. The van der Waals surface area contributed by atoms with Gasteiger partial charge >= 0.3 is 0 Å². The minimum Gasteiger partial charge on any atom is -0.316 e. The lowest BCUT2D eigenvalue weighted by Gasteiger charge is -2.21. The zero-order chi connectivity index (χ0) is 13.0. The second-order valence-corrected chi connectivity index (χ2v) is 7.91. The van der Waals surface area contributed by atoms with Crippen LogP contribution >= 0.6 is 23.1 Å². The summed E-state index contributed by atoms with van der Waals surface area (Å²) >= 11 is 3.95. The van der Waals surface area contributed by atoms with Crippen molar-refractivity contribution in [1.29, 1.82) is 0 Å². The number of fused-ring (bicyclic) bond motifs is 1. The van der Waals surface area contributed by atoms with Crippen LogP contribution in [0.5, 0.6) is 0 Å². The van der Waals surface area contributed by atoms with Crippen molar-refractivity contribution in [3.05, 3.63) is 15.6 Å². The van der Waals surface area contributed by atoms with Crippen LogP contribution in [0.15, 0.2) is 0 Å². The molecule has 1 aliphatic rings. The van der Waals surface area contributed by atoms with Gasteiger partial charge < -0.3 is 5.32 Å². The van der Waals surface area contributed by atoms with Crippen molar-refractivity contribution in [3.63, 3.8) is 0 Å². The molecule has 2 nitrogen and oxygen atoms in total. The summed E-state index contributed by atoms with van der Waals surface area (Å²) in [6.07, 6.45) is 3.89. The second-order valence-electron chi connectivity index (χ2n) is 5.17. The summed E-state index contributed by atoms with van der Waals surface area (Å²) < 4.78 is 0. The zero-order valence-corrected chi connectivity index (χ0v) is 13.3. The first-order chi connectivity index (χ1) is 8.70. The molecule has 1 aliphatic carbocycles. The summed E-state index contributed by atoms with van der Waals surface area (Å²) in [6, 6.07) is 0. The van der Waals surface area contributed by atoms with Crippen LogP contribution in [-0.2, 0) is 12.2 Å². The first-order valence-electron chi connectivity index (χ1n) is 7.01. The Hall–Kier alpha value is -0.0600. The highest BCUT2D eigenvalue weighted by Gasteiger charge is 2.24. The van der Waals surface area contributed by atoms with Crippen LogP contribution in [-0.4, -0.2) is 23.3 Å². The van der Waals surface area contributed by atoms with E-state index in [1.54, 1.807) is 4.88 Å². The summed E-state index contributed by atoms with van der Waals surface area (Å²) in [6.45, 7) is 8.85. The van der Waals surface area contributed by atoms with E-state index in [4.69, 9.17) is 4.98 Å². The topological polar surface area (TPSA) is 24.9 Å². The number of nitrogens with zero attached hydrogens (tertiary/aromatic N) is 1. The molecule has 1 unspecified atom stereocenters. The molecule has 0 radical (unpaired) electrons. The lowest BCUT2D eigenvalue weighted by atomic mass is 9.91. The molecule has 1 atom stereocenters. The number of aryl methyl sites for hydroxylation is 1. The van der Waals surface area contributed by atoms with Crippen LogP contribution in [0.1, 0.15) is 55.1 Å². The van der Waals surface area contributed by atoms with Crippen molar-refractivity contribution < 1.29 is 0 Å². The Bertz CT molecular complexity index is 374. The molecule has 1 aromatic heterocycles. The minimum absolute atomic E-state index is 0.655. The molecule has 0 amide bonds. The smallest absolute Gasteiger partial charge is 0.103 e. The number of hydrogen-bond donors (Lipinski definition) is 1. The quantitative estimate of drug-likeness (QED) is 0.860. The predicted molar refractivity (Wildman–Crippen MR) is 82.8 cm³/mol. The van der Waals surface area contributed by atoms with Crippen molar-refractivity contribution in [1.82, 2.24) is 10.3 Å². The van der Waals surface area contributed by atoms with E-state index in [2.05, 4.69) is 26.1 Å². The number of rotatable bonds is 6. The Morgan fingerprint density at radius 1 is 1.50 bits per heavy atom. The lowest BCUT2D eigenvalue weighted by molar-refractivity contribution is 0.508. The molecule has 0 aliphatic heterocycles. The number of thiazole rings is 1. The maximum atomic E-state index is 4.91. The Morgan fingerprint density at radius 3 is 3.06 bits per heavy atom. The number of nitrogens with one attached hydrogen (secondary N) is 1. The average Bonchev–Trinajstić information content (AvgIpc) is 2.77. The fourth-order valence-corrected chi connectivity index (χ4v) is 4.35. The molecule has 2 rings (SSSR count). The standard InChI is InChI=1S/C14H24N2S2/c1-4-15-8-11-6-5-7-12-14(11)16-13(18-12)9-17-10(2)3/h10-11,15H,4-9H2,1-3H3. The molecule has 1 N–H and O–H groups in total. The Kier molecular flexibility index (Phi) is 5.52. The fraction of sp³-hybridized carbons (Fsp3) is 0.786. The van der Waals surface area contributed by atoms with Crippen LogP contribution in [0, 0.1) is 0 Å². The molecule has 1 aromatic rings. The molecular weight excluding hydrogens is 260 g/mol. The van der Waals surface area contributed by atoms with Crippen molar-refractivity contribution >= 4 is 23.1 Å². The van der Waals surface area contributed by atoms with Crippen LogP contribution < -0.4 is 5.32 Å². The molecule has 1 heterocycles. The van der Waals surface area contributed by atoms with Crippen molar-refractivity contribution in [2.24, 2.45) is 0 Å². The van der Waals surface area contributed by atoms with E-state index in [-0.39, 0.29) is 0 Å². The van der Waals surface area contributed by atoms with Crippen molar-refractivity contribution in [2.45, 2.75) is 57.0 Å². The Morgan fingerprint density at radius 2 is 2.33 bits per heavy atom. The highest BCUT2D eigenvalue weighted by atomic mass is 32.2. The summed E-state index contributed by atoms with van der Waals surface area (Å²) in [7, 11) is 0. The number of aromatic nitrogens is 1. The van der Waals surface area contributed by atoms with Gasteiger partial charge in [-0.05, 0) is 31.1 Å². The second kappa shape index (κ2) is 6.92. The normalized spacial score (nSPS) is 19.2. The van der Waals surface area contributed by atoms with Crippen molar-refractivity contribution in [3.8, 4) is 0 Å². The highest BCUT2D eigenvalue weighted by molar-refractivity contribution is 7.99. The molecule has 0 aromatic carbocycles. The first-order valence-corrected chi connectivity index (χ1v) is 8.88. The third-order valence-corrected chi connectivity index (χ3v) is 5.72. The molecule has 4 heteroatoms. The number of hydrogen-bond acceptors (Lipinski definition) is 4. The van der Waals surface area contributed by atoms with Gasteiger partial charge in [0.1, 0.15) is 5.01 Å². The van der Waals surface area contributed by atoms with E-state index in [1.165, 1.54) is 30.0 Å². The van der Waals surface area contributed by atoms with E-state index in [0.717, 1.165) is 18.8 Å². The monoisotopic (exact) mass is 284 g/mol. The maximum absolute atomic E-state index is 4.91. The van der Waals surface area contributed by atoms with E-state index >= 15 is 0 Å². The SMILES string of the molecule is CCNCC1CCCc2sc(CSC(C)C)nc21. The van der Waals surface area contributed by atoms with Gasteiger partial charge in [-0.1, -0.05) is 20.8 Å². The lowest BCUT2D eigenvalue weighted by Crippen LogP contribution is -2.24. The third-order valence-electron chi connectivity index (χ3n) is 3.30. The largest absolute Gasteiger partial charge is 0.316 e. The van der Waals surface area contributed by atoms with E-state index in [0.29, 0.717) is 11.2 Å². The van der Waals surface area contributed by atoms with E-state index in [1.807, 2.05) is 23.1 Å². The molecule has 0 fully saturated rings. The molecule has 0 saturated heterocycles. The number of thioether (sulfide) groups is 1. The zero-order valence-electron chi connectivity index (χ0n) is 11.7. The van der Waals surface area contributed by atoms with Gasteiger partial charge in [-0.15, -0.1) is 11.3 Å². The molecule has 102 valence electrons. The molecule has 18 heavy (non-hydrogen) atoms. The van der Waals surface area contributed by atoms with Crippen LogP contribution in [0.25, 0.3) is 0 Å². The first kappa shape index (κ1) is 14.4. The van der Waals surface area contributed by atoms with Gasteiger partial charge in [0.15, 0.2) is 0 Å².